The van der Waals surface area contributed by atoms with Crippen molar-refractivity contribution in [3.05, 3.63) is 63.8 Å². The number of methoxy groups -OCH3 is 1. The standard InChI is InChI=1S/C18H18N2O5S/c1-11-9-19-15(12(2)18(11)24-3)10-20-26(22,23)14-5-6-16-13(8-14)4-7-17(21)25-16/h4-9,20H,10H2,1-3H3. The van der Waals surface area contributed by atoms with Crippen molar-refractivity contribution in [3.63, 3.8) is 0 Å². The number of nitrogens with one attached hydrogen (secondary N) is 1. The van der Waals surface area contributed by atoms with Crippen molar-refractivity contribution in [3.8, 4) is 5.75 Å². The SMILES string of the molecule is COc1c(C)cnc(CNS(=O)(=O)c2ccc3oc(=O)ccc3c2)c1C. The van der Waals surface area contributed by atoms with Gasteiger partial charge in [-0.1, -0.05) is 0 Å². The number of aryl methyl sites for hydroxylation is 1. The maximum Gasteiger partial charge on any atom is 0.336 e. The van der Waals surface area contributed by atoms with E-state index in [-0.39, 0.29) is 11.4 Å². The van der Waals surface area contributed by atoms with Crippen molar-refractivity contribution >= 4 is 21.0 Å². The van der Waals surface area contributed by atoms with Gasteiger partial charge in [-0.3, -0.25) is 4.98 Å². The molecule has 1 N–H and O–H groups in total. The molecule has 0 unspecified atom stereocenters. The molecule has 7 nitrogen and oxygen atoms in total. The largest absolute Gasteiger partial charge is 0.496 e. The van der Waals surface area contributed by atoms with Crippen LogP contribution >= 0.6 is 0 Å². The molecule has 0 saturated heterocycles. The molecule has 0 fully saturated rings. The molecule has 1 aromatic carbocycles. The fraction of sp³-hybridized carbons (Fsp3) is 0.222. The second-order valence-electron chi connectivity index (χ2n) is 5.82. The molecule has 0 aliphatic heterocycles. The molecule has 3 aromatic rings. The average Bonchev–Trinajstić information content (AvgIpc) is 2.61. The third-order valence-electron chi connectivity index (χ3n) is 4.08. The molecule has 3 rings (SSSR count). The Bertz CT molecular complexity index is 1140. The quantitative estimate of drug-likeness (QED) is 0.688. The third kappa shape index (κ3) is 3.47. The Morgan fingerprint density at radius 1 is 1.19 bits per heavy atom. The Balaban J connectivity index is 1.88. The molecule has 0 saturated carbocycles. The number of nitrogens with zero attached hydrogens (tertiary/aromatic N) is 1. The van der Waals surface area contributed by atoms with Crippen LogP contribution in [0.5, 0.6) is 5.75 Å². The van der Waals surface area contributed by atoms with Crippen LogP contribution < -0.4 is 15.1 Å². The summed E-state index contributed by atoms with van der Waals surface area (Å²) >= 11 is 0. The molecular weight excluding hydrogens is 356 g/mol. The zero-order valence-corrected chi connectivity index (χ0v) is 15.4. The Labute approximate surface area is 150 Å². The maximum atomic E-state index is 12.6. The smallest absolute Gasteiger partial charge is 0.336 e. The molecule has 2 heterocycles. The summed E-state index contributed by atoms with van der Waals surface area (Å²) in [7, 11) is -2.19. The number of aromatic nitrogens is 1. The number of ether oxygens (including phenoxy) is 1. The number of hydrogen-bond acceptors (Lipinski definition) is 6. The van der Waals surface area contributed by atoms with Gasteiger partial charge in [0, 0.05) is 28.8 Å². The monoisotopic (exact) mass is 374 g/mol. The van der Waals surface area contributed by atoms with Crippen LogP contribution in [0, 0.1) is 13.8 Å². The van der Waals surface area contributed by atoms with Gasteiger partial charge >= 0.3 is 5.63 Å². The summed E-state index contributed by atoms with van der Waals surface area (Å²) in [5.74, 6) is 0.690. The minimum Gasteiger partial charge on any atom is -0.496 e. The number of benzene rings is 1. The van der Waals surface area contributed by atoms with E-state index in [4.69, 9.17) is 9.15 Å². The van der Waals surface area contributed by atoms with Gasteiger partial charge < -0.3 is 9.15 Å². The molecule has 0 aliphatic rings. The van der Waals surface area contributed by atoms with Gasteiger partial charge in [-0.25, -0.2) is 17.9 Å². The van der Waals surface area contributed by atoms with Crippen molar-refractivity contribution in [1.82, 2.24) is 9.71 Å². The summed E-state index contributed by atoms with van der Waals surface area (Å²) in [4.78, 5) is 15.6. The molecule has 26 heavy (non-hydrogen) atoms. The number of fused-ring (bicyclic) bond motifs is 1. The van der Waals surface area contributed by atoms with Crippen LogP contribution in [0.2, 0.25) is 0 Å². The second-order valence-corrected chi connectivity index (χ2v) is 7.59. The van der Waals surface area contributed by atoms with Gasteiger partial charge in [-0.15, -0.1) is 0 Å². The second kappa shape index (κ2) is 6.89. The van der Waals surface area contributed by atoms with Gasteiger partial charge in [-0.05, 0) is 38.1 Å². The number of pyridine rings is 1. The predicted molar refractivity (Wildman–Crippen MR) is 96.8 cm³/mol. The Morgan fingerprint density at radius 2 is 1.96 bits per heavy atom. The zero-order chi connectivity index (χ0) is 18.9. The number of sulfonamides is 1. The van der Waals surface area contributed by atoms with Crippen LogP contribution in [-0.2, 0) is 16.6 Å². The van der Waals surface area contributed by atoms with Gasteiger partial charge in [0.15, 0.2) is 0 Å². The first-order chi connectivity index (χ1) is 12.3. The van der Waals surface area contributed by atoms with Crippen LogP contribution in [0.4, 0.5) is 0 Å². The highest BCUT2D eigenvalue weighted by Gasteiger charge is 2.17. The van der Waals surface area contributed by atoms with E-state index in [9.17, 15) is 13.2 Å². The average molecular weight is 374 g/mol. The molecule has 2 aromatic heterocycles. The molecule has 0 atom stereocenters. The van der Waals surface area contributed by atoms with E-state index in [0.29, 0.717) is 22.4 Å². The van der Waals surface area contributed by atoms with Gasteiger partial charge in [0.25, 0.3) is 0 Å². The summed E-state index contributed by atoms with van der Waals surface area (Å²) in [5.41, 5.74) is 2.10. The molecule has 0 bridgehead atoms. The van der Waals surface area contributed by atoms with Crippen LogP contribution in [0.3, 0.4) is 0 Å². The van der Waals surface area contributed by atoms with E-state index in [2.05, 4.69) is 9.71 Å². The molecule has 8 heteroatoms. The highest BCUT2D eigenvalue weighted by atomic mass is 32.2. The zero-order valence-electron chi connectivity index (χ0n) is 14.6. The Hall–Kier alpha value is -2.71. The normalized spacial score (nSPS) is 11.7. The van der Waals surface area contributed by atoms with Crippen molar-refractivity contribution < 1.29 is 17.6 Å². The Morgan fingerprint density at radius 3 is 2.69 bits per heavy atom. The first kappa shape index (κ1) is 18.1. The first-order valence-electron chi connectivity index (χ1n) is 7.84. The predicted octanol–water partition coefficient (Wildman–Crippen LogP) is 2.29. The van der Waals surface area contributed by atoms with Crippen LogP contribution in [0.1, 0.15) is 16.8 Å². The molecular formula is C18H18N2O5S. The fourth-order valence-electron chi connectivity index (χ4n) is 2.71. The van der Waals surface area contributed by atoms with E-state index < -0.39 is 15.6 Å². The van der Waals surface area contributed by atoms with E-state index >= 15 is 0 Å². The minimum absolute atomic E-state index is 0.0344. The fourth-order valence-corrected chi connectivity index (χ4v) is 3.74. The molecule has 136 valence electrons. The molecule has 0 aliphatic carbocycles. The van der Waals surface area contributed by atoms with E-state index in [1.165, 1.54) is 30.3 Å². The lowest BCUT2D eigenvalue weighted by atomic mass is 10.1. The van der Waals surface area contributed by atoms with Crippen LogP contribution in [-0.4, -0.2) is 20.5 Å². The molecule has 0 radical (unpaired) electrons. The van der Waals surface area contributed by atoms with Crippen molar-refractivity contribution in [2.24, 2.45) is 0 Å². The number of rotatable bonds is 5. The van der Waals surface area contributed by atoms with Crippen LogP contribution in [0.15, 0.2) is 50.6 Å². The highest BCUT2D eigenvalue weighted by molar-refractivity contribution is 7.89. The van der Waals surface area contributed by atoms with E-state index in [1.54, 1.807) is 13.3 Å². The first-order valence-corrected chi connectivity index (χ1v) is 9.33. The van der Waals surface area contributed by atoms with Crippen molar-refractivity contribution in [2.75, 3.05) is 7.11 Å². The lowest BCUT2D eigenvalue weighted by Gasteiger charge is -2.13. The minimum atomic E-state index is -3.76. The summed E-state index contributed by atoms with van der Waals surface area (Å²) in [6, 6.07) is 7.08. The van der Waals surface area contributed by atoms with Gasteiger partial charge in [0.1, 0.15) is 11.3 Å². The Kier molecular flexibility index (Phi) is 4.80. The van der Waals surface area contributed by atoms with Crippen molar-refractivity contribution in [1.29, 1.82) is 0 Å². The summed E-state index contributed by atoms with van der Waals surface area (Å²) in [5, 5.41) is 0.527. The maximum absolute atomic E-state index is 12.6. The summed E-state index contributed by atoms with van der Waals surface area (Å²) in [6.07, 6.45) is 1.65. The van der Waals surface area contributed by atoms with E-state index in [0.717, 1.165) is 11.1 Å². The summed E-state index contributed by atoms with van der Waals surface area (Å²) in [6.45, 7) is 3.74. The van der Waals surface area contributed by atoms with Crippen LogP contribution in [0.25, 0.3) is 11.0 Å². The molecule has 0 spiro atoms. The van der Waals surface area contributed by atoms with E-state index in [1.807, 2.05) is 13.8 Å². The third-order valence-corrected chi connectivity index (χ3v) is 5.48. The highest BCUT2D eigenvalue weighted by Crippen LogP contribution is 2.24. The van der Waals surface area contributed by atoms with Crippen molar-refractivity contribution in [2.45, 2.75) is 25.3 Å². The van der Waals surface area contributed by atoms with Gasteiger partial charge in [0.2, 0.25) is 10.0 Å². The topological polar surface area (TPSA) is 98.5 Å². The lowest BCUT2D eigenvalue weighted by Crippen LogP contribution is -2.24. The number of hydrogen-bond donors (Lipinski definition) is 1. The van der Waals surface area contributed by atoms with Gasteiger partial charge in [-0.2, -0.15) is 0 Å². The lowest BCUT2D eigenvalue weighted by molar-refractivity contribution is 0.406. The van der Waals surface area contributed by atoms with Gasteiger partial charge in [0.05, 0.1) is 24.2 Å². The summed E-state index contributed by atoms with van der Waals surface area (Å²) < 4.78 is 38.1. The molecule has 0 amide bonds.